The van der Waals surface area contributed by atoms with Crippen LogP contribution in [0.25, 0.3) is 10.8 Å². The number of ether oxygens (including phenoxy) is 1. The van der Waals surface area contributed by atoms with E-state index in [0.29, 0.717) is 6.54 Å². The van der Waals surface area contributed by atoms with Crippen molar-refractivity contribution in [1.29, 1.82) is 0 Å². The molecule has 1 aliphatic rings. The summed E-state index contributed by atoms with van der Waals surface area (Å²) in [5.74, 6) is 0.192. The minimum absolute atomic E-state index is 0.192. The van der Waals surface area contributed by atoms with Crippen LogP contribution in [0.3, 0.4) is 0 Å². The van der Waals surface area contributed by atoms with E-state index in [1.165, 1.54) is 5.39 Å². The van der Waals surface area contributed by atoms with Crippen molar-refractivity contribution in [1.82, 2.24) is 4.90 Å². The van der Waals surface area contributed by atoms with Crippen molar-refractivity contribution in [2.75, 3.05) is 26.2 Å². The van der Waals surface area contributed by atoms with Crippen molar-refractivity contribution in [3.05, 3.63) is 48.0 Å². The first-order valence-electron chi connectivity index (χ1n) is 7.62. The number of hydrogen-bond acceptors (Lipinski definition) is 3. The number of carbonyl (C=O) groups excluding carboxylic acids is 1. The minimum atomic E-state index is 0.192. The summed E-state index contributed by atoms with van der Waals surface area (Å²) in [6.45, 7) is 5.03. The lowest BCUT2D eigenvalue weighted by atomic mass is 10.0. The summed E-state index contributed by atoms with van der Waals surface area (Å²) >= 11 is 0. The van der Waals surface area contributed by atoms with Crippen molar-refractivity contribution < 1.29 is 9.53 Å². The van der Waals surface area contributed by atoms with Gasteiger partial charge in [-0.05, 0) is 23.3 Å². The highest BCUT2D eigenvalue weighted by atomic mass is 16.5. The van der Waals surface area contributed by atoms with Crippen LogP contribution in [0, 0.1) is 0 Å². The molecule has 3 rings (SSSR count). The van der Waals surface area contributed by atoms with Crippen LogP contribution in [0.5, 0.6) is 0 Å². The van der Waals surface area contributed by atoms with E-state index in [-0.39, 0.29) is 11.9 Å². The molecule has 1 fully saturated rings. The van der Waals surface area contributed by atoms with Crippen molar-refractivity contribution >= 4 is 16.6 Å². The Labute approximate surface area is 125 Å². The summed E-state index contributed by atoms with van der Waals surface area (Å²) in [5.41, 5.74) is 0.799. The topological polar surface area (TPSA) is 29.5 Å². The molecule has 1 atom stereocenters. The molecule has 0 radical (unpaired) electrons. The number of hydrogen-bond donors (Lipinski definition) is 0. The molecule has 1 unspecified atom stereocenters. The lowest BCUT2D eigenvalue weighted by Gasteiger charge is -2.31. The Morgan fingerprint density at radius 3 is 2.86 bits per heavy atom. The number of rotatable bonds is 4. The van der Waals surface area contributed by atoms with Crippen molar-refractivity contribution in [3.8, 4) is 0 Å². The number of fused-ring (bicyclic) bond motifs is 1. The Kier molecular flexibility index (Phi) is 4.32. The molecule has 21 heavy (non-hydrogen) atoms. The van der Waals surface area contributed by atoms with E-state index in [0.717, 1.165) is 37.1 Å². The molecule has 3 heteroatoms. The Hall–Kier alpha value is -1.71. The van der Waals surface area contributed by atoms with Gasteiger partial charge in [-0.2, -0.15) is 0 Å². The quantitative estimate of drug-likeness (QED) is 0.807. The fourth-order valence-electron chi connectivity index (χ4n) is 2.83. The van der Waals surface area contributed by atoms with Gasteiger partial charge in [-0.3, -0.25) is 9.69 Å². The van der Waals surface area contributed by atoms with Crippen LogP contribution in [0.1, 0.15) is 23.7 Å². The van der Waals surface area contributed by atoms with Gasteiger partial charge < -0.3 is 4.74 Å². The second-order valence-electron chi connectivity index (χ2n) is 5.62. The van der Waals surface area contributed by atoms with Crippen molar-refractivity contribution in [2.24, 2.45) is 0 Å². The fourth-order valence-corrected chi connectivity index (χ4v) is 2.83. The zero-order valence-electron chi connectivity index (χ0n) is 12.4. The zero-order valence-corrected chi connectivity index (χ0v) is 12.4. The molecule has 0 amide bonds. The van der Waals surface area contributed by atoms with Gasteiger partial charge >= 0.3 is 0 Å². The summed E-state index contributed by atoms with van der Waals surface area (Å²) in [6, 6.07) is 14.1. The molecule has 0 aromatic heterocycles. The second-order valence-corrected chi connectivity index (χ2v) is 5.62. The van der Waals surface area contributed by atoms with Gasteiger partial charge in [0.05, 0.1) is 19.3 Å². The average molecular weight is 283 g/mol. The number of morpholine rings is 1. The monoisotopic (exact) mass is 283 g/mol. The number of carbonyl (C=O) groups is 1. The number of ketones is 1. The Bertz CT molecular complexity index is 638. The molecule has 0 N–H and O–H groups in total. The summed E-state index contributed by atoms with van der Waals surface area (Å²) in [7, 11) is 0. The van der Waals surface area contributed by atoms with Crippen LogP contribution < -0.4 is 0 Å². The maximum absolute atomic E-state index is 12.5. The summed E-state index contributed by atoms with van der Waals surface area (Å²) in [4.78, 5) is 14.7. The molecule has 1 heterocycles. The molecular formula is C18H21NO2. The molecule has 0 spiro atoms. The highest BCUT2D eigenvalue weighted by Gasteiger charge is 2.21. The molecule has 2 aromatic carbocycles. The highest BCUT2D eigenvalue weighted by Crippen LogP contribution is 2.17. The van der Waals surface area contributed by atoms with E-state index in [2.05, 4.69) is 17.9 Å². The zero-order chi connectivity index (χ0) is 14.7. The molecular weight excluding hydrogens is 262 g/mol. The summed E-state index contributed by atoms with van der Waals surface area (Å²) in [6.07, 6.45) is 1.27. The van der Waals surface area contributed by atoms with E-state index >= 15 is 0 Å². The normalized spacial score (nSPS) is 19.8. The number of nitrogens with zero attached hydrogens (tertiary/aromatic N) is 1. The number of benzene rings is 2. The maximum Gasteiger partial charge on any atom is 0.176 e. The predicted molar refractivity (Wildman–Crippen MR) is 84.7 cm³/mol. The largest absolute Gasteiger partial charge is 0.376 e. The van der Waals surface area contributed by atoms with E-state index in [9.17, 15) is 4.79 Å². The van der Waals surface area contributed by atoms with Gasteiger partial charge in [0.15, 0.2) is 5.78 Å². The first-order chi connectivity index (χ1) is 10.3. The van der Waals surface area contributed by atoms with Crippen LogP contribution in [-0.4, -0.2) is 43.0 Å². The third-order valence-corrected chi connectivity index (χ3v) is 4.12. The van der Waals surface area contributed by atoms with Gasteiger partial charge in [-0.1, -0.05) is 43.3 Å². The third-order valence-electron chi connectivity index (χ3n) is 4.12. The molecule has 0 bridgehead atoms. The van der Waals surface area contributed by atoms with Gasteiger partial charge in [-0.15, -0.1) is 0 Å². The molecule has 110 valence electrons. The summed E-state index contributed by atoms with van der Waals surface area (Å²) in [5, 5.41) is 2.29. The SMILES string of the molecule is CCC1CN(CC(=O)c2ccc3ccccc3c2)CCO1. The highest BCUT2D eigenvalue weighted by molar-refractivity contribution is 6.01. The Morgan fingerprint density at radius 1 is 1.24 bits per heavy atom. The van der Waals surface area contributed by atoms with Gasteiger partial charge in [0.1, 0.15) is 0 Å². The Balaban J connectivity index is 1.71. The Morgan fingerprint density at radius 2 is 2.05 bits per heavy atom. The second kappa shape index (κ2) is 6.37. The maximum atomic E-state index is 12.5. The minimum Gasteiger partial charge on any atom is -0.376 e. The van der Waals surface area contributed by atoms with Crippen LogP contribution in [0.15, 0.2) is 42.5 Å². The van der Waals surface area contributed by atoms with Crippen LogP contribution in [0.4, 0.5) is 0 Å². The number of Topliss-reactive ketones (excluding diaryl/α,β-unsaturated/α-hetero) is 1. The van der Waals surface area contributed by atoms with Gasteiger partial charge in [0, 0.05) is 18.7 Å². The molecule has 1 saturated heterocycles. The average Bonchev–Trinajstić information content (AvgIpc) is 2.54. The first-order valence-corrected chi connectivity index (χ1v) is 7.62. The van der Waals surface area contributed by atoms with Gasteiger partial charge in [-0.25, -0.2) is 0 Å². The van der Waals surface area contributed by atoms with Crippen LogP contribution in [-0.2, 0) is 4.74 Å². The third kappa shape index (κ3) is 3.31. The molecule has 3 nitrogen and oxygen atoms in total. The molecule has 2 aromatic rings. The van der Waals surface area contributed by atoms with Crippen LogP contribution in [0.2, 0.25) is 0 Å². The van der Waals surface area contributed by atoms with Crippen molar-refractivity contribution in [3.63, 3.8) is 0 Å². The molecule has 0 aliphatic carbocycles. The smallest absolute Gasteiger partial charge is 0.176 e. The van der Waals surface area contributed by atoms with E-state index in [4.69, 9.17) is 4.74 Å². The first kappa shape index (κ1) is 14.2. The van der Waals surface area contributed by atoms with Crippen LogP contribution >= 0.6 is 0 Å². The van der Waals surface area contributed by atoms with Gasteiger partial charge in [0.2, 0.25) is 0 Å². The van der Waals surface area contributed by atoms with Crippen molar-refractivity contribution in [2.45, 2.75) is 19.4 Å². The summed E-state index contributed by atoms with van der Waals surface area (Å²) < 4.78 is 5.65. The molecule has 1 aliphatic heterocycles. The van der Waals surface area contributed by atoms with E-state index in [1.54, 1.807) is 0 Å². The standard InChI is InChI=1S/C18H21NO2/c1-2-17-12-19(9-10-21-17)13-18(20)16-8-7-14-5-3-4-6-15(14)11-16/h3-8,11,17H,2,9-10,12-13H2,1H3. The predicted octanol–water partition coefficient (Wildman–Crippen LogP) is 3.13. The van der Waals surface area contributed by atoms with E-state index in [1.807, 2.05) is 36.4 Å². The fraction of sp³-hybridized carbons (Fsp3) is 0.389. The molecule has 0 saturated carbocycles. The lowest BCUT2D eigenvalue weighted by molar-refractivity contribution is -0.0271. The van der Waals surface area contributed by atoms with E-state index < -0.39 is 0 Å². The van der Waals surface area contributed by atoms with Gasteiger partial charge in [0.25, 0.3) is 0 Å². The lowest BCUT2D eigenvalue weighted by Crippen LogP contribution is -2.44.